The number of aromatic amines is 1. The van der Waals surface area contributed by atoms with E-state index in [9.17, 15) is 9.18 Å². The van der Waals surface area contributed by atoms with Gasteiger partial charge in [-0.2, -0.15) is 0 Å². The summed E-state index contributed by atoms with van der Waals surface area (Å²) in [7, 11) is 0. The quantitative estimate of drug-likeness (QED) is 0.885. The Kier molecular flexibility index (Phi) is 5.25. The largest absolute Gasteiger partial charge is 0.350 e. The molecule has 128 valence electrons. The third kappa shape index (κ3) is 3.82. The number of aromatic nitrogens is 2. The van der Waals surface area contributed by atoms with Gasteiger partial charge in [0.05, 0.1) is 0 Å². The molecule has 2 unspecified atom stereocenters. The predicted molar refractivity (Wildman–Crippen MR) is 92.7 cm³/mol. The van der Waals surface area contributed by atoms with Crippen molar-refractivity contribution in [3.63, 3.8) is 0 Å². The summed E-state index contributed by atoms with van der Waals surface area (Å²) < 4.78 is 13.1. The molecule has 0 amide bonds. The molecular formula is C18H23FN4O. The number of nitrogens with zero attached hydrogens (tertiary/aromatic N) is 2. The maximum atomic E-state index is 13.1. The van der Waals surface area contributed by atoms with Crippen LogP contribution in [0.1, 0.15) is 37.8 Å². The number of nitrogens with one attached hydrogen (secondary N) is 2. The van der Waals surface area contributed by atoms with Crippen molar-refractivity contribution in [2.75, 3.05) is 18.0 Å². The number of hydrogen-bond acceptors (Lipinski definition) is 4. The van der Waals surface area contributed by atoms with Crippen molar-refractivity contribution in [2.24, 2.45) is 0 Å². The third-order valence-electron chi connectivity index (χ3n) is 4.53. The van der Waals surface area contributed by atoms with Crippen molar-refractivity contribution in [3.05, 3.63) is 58.4 Å². The fourth-order valence-corrected chi connectivity index (χ4v) is 3.30. The average molecular weight is 330 g/mol. The van der Waals surface area contributed by atoms with Crippen molar-refractivity contribution in [1.29, 1.82) is 0 Å². The third-order valence-corrected chi connectivity index (χ3v) is 4.53. The SMILES string of the molecule is CCC(NC1CCCN(c2ncc[nH]c2=O)C1)c1ccc(F)cc1. The maximum absolute atomic E-state index is 13.1. The summed E-state index contributed by atoms with van der Waals surface area (Å²) in [6, 6.07) is 7.12. The van der Waals surface area contributed by atoms with Gasteiger partial charge >= 0.3 is 0 Å². The zero-order valence-corrected chi connectivity index (χ0v) is 13.8. The summed E-state index contributed by atoms with van der Waals surface area (Å²) in [6.07, 6.45) is 6.15. The second-order valence-corrected chi connectivity index (χ2v) is 6.21. The molecular weight excluding hydrogens is 307 g/mol. The van der Waals surface area contributed by atoms with E-state index in [1.807, 2.05) is 17.0 Å². The molecule has 1 fully saturated rings. The molecule has 3 rings (SSSR count). The first-order valence-corrected chi connectivity index (χ1v) is 8.47. The number of H-pyrrole nitrogens is 1. The van der Waals surface area contributed by atoms with Gasteiger partial charge in [-0.25, -0.2) is 9.37 Å². The van der Waals surface area contributed by atoms with Crippen LogP contribution in [-0.4, -0.2) is 29.1 Å². The summed E-state index contributed by atoms with van der Waals surface area (Å²) in [4.78, 5) is 20.9. The Morgan fingerprint density at radius 1 is 1.42 bits per heavy atom. The minimum Gasteiger partial charge on any atom is -0.350 e. The summed E-state index contributed by atoms with van der Waals surface area (Å²) in [5.41, 5.74) is 0.940. The van der Waals surface area contributed by atoms with Crippen molar-refractivity contribution in [2.45, 2.75) is 38.3 Å². The number of halogens is 1. The van der Waals surface area contributed by atoms with Crippen LogP contribution in [0.5, 0.6) is 0 Å². The van der Waals surface area contributed by atoms with E-state index < -0.39 is 0 Å². The molecule has 5 nitrogen and oxygen atoms in total. The van der Waals surface area contributed by atoms with E-state index in [0.29, 0.717) is 5.82 Å². The minimum absolute atomic E-state index is 0.149. The lowest BCUT2D eigenvalue weighted by Crippen LogP contribution is -2.48. The Balaban J connectivity index is 1.69. The van der Waals surface area contributed by atoms with Crippen LogP contribution in [0, 0.1) is 5.82 Å². The van der Waals surface area contributed by atoms with Crippen LogP contribution < -0.4 is 15.8 Å². The van der Waals surface area contributed by atoms with Gasteiger partial charge in [-0.05, 0) is 37.0 Å². The monoisotopic (exact) mass is 330 g/mol. The zero-order valence-electron chi connectivity index (χ0n) is 13.8. The molecule has 2 atom stereocenters. The number of hydrogen-bond donors (Lipinski definition) is 2. The molecule has 1 aliphatic heterocycles. The van der Waals surface area contributed by atoms with Crippen molar-refractivity contribution in [3.8, 4) is 0 Å². The van der Waals surface area contributed by atoms with Crippen LogP contribution in [0.4, 0.5) is 10.2 Å². The number of rotatable bonds is 5. The van der Waals surface area contributed by atoms with Gasteiger partial charge in [0.15, 0.2) is 5.82 Å². The van der Waals surface area contributed by atoms with Gasteiger partial charge < -0.3 is 15.2 Å². The van der Waals surface area contributed by atoms with Crippen LogP contribution in [0.3, 0.4) is 0 Å². The Morgan fingerprint density at radius 3 is 2.92 bits per heavy atom. The molecule has 0 spiro atoms. The Bertz CT molecular complexity index is 715. The molecule has 2 N–H and O–H groups in total. The summed E-state index contributed by atoms with van der Waals surface area (Å²) in [5, 5.41) is 3.66. The van der Waals surface area contributed by atoms with Crippen molar-refractivity contribution < 1.29 is 4.39 Å². The van der Waals surface area contributed by atoms with Crippen LogP contribution in [0.25, 0.3) is 0 Å². The smallest absolute Gasteiger partial charge is 0.290 e. The highest BCUT2D eigenvalue weighted by atomic mass is 19.1. The first kappa shape index (κ1) is 16.6. The minimum atomic E-state index is -0.216. The average Bonchev–Trinajstić information content (AvgIpc) is 2.61. The van der Waals surface area contributed by atoms with E-state index in [2.05, 4.69) is 22.2 Å². The number of anilines is 1. The summed E-state index contributed by atoms with van der Waals surface area (Å²) in [6.45, 7) is 3.70. The molecule has 1 saturated heterocycles. The highest BCUT2D eigenvalue weighted by molar-refractivity contribution is 5.36. The molecule has 2 aromatic rings. The zero-order chi connectivity index (χ0) is 16.9. The molecule has 6 heteroatoms. The first-order chi connectivity index (χ1) is 11.7. The topological polar surface area (TPSA) is 61.0 Å². The lowest BCUT2D eigenvalue weighted by Gasteiger charge is -2.35. The summed E-state index contributed by atoms with van der Waals surface area (Å²) >= 11 is 0. The van der Waals surface area contributed by atoms with E-state index in [-0.39, 0.29) is 23.5 Å². The van der Waals surface area contributed by atoms with Crippen LogP contribution in [0.15, 0.2) is 41.5 Å². The van der Waals surface area contributed by atoms with E-state index in [1.54, 1.807) is 12.4 Å². The molecule has 1 aliphatic rings. The van der Waals surface area contributed by atoms with Gasteiger partial charge in [-0.15, -0.1) is 0 Å². The van der Waals surface area contributed by atoms with Crippen molar-refractivity contribution >= 4 is 5.82 Å². The lowest BCUT2D eigenvalue weighted by atomic mass is 10.00. The Labute approximate surface area is 140 Å². The van der Waals surface area contributed by atoms with Crippen LogP contribution >= 0.6 is 0 Å². The highest BCUT2D eigenvalue weighted by Gasteiger charge is 2.24. The van der Waals surface area contributed by atoms with E-state index in [1.165, 1.54) is 12.1 Å². The number of benzene rings is 1. The molecule has 0 radical (unpaired) electrons. The fraction of sp³-hybridized carbons (Fsp3) is 0.444. The van der Waals surface area contributed by atoms with Gasteiger partial charge in [0.25, 0.3) is 5.56 Å². The second kappa shape index (κ2) is 7.57. The number of piperidine rings is 1. The van der Waals surface area contributed by atoms with E-state index >= 15 is 0 Å². The molecule has 0 bridgehead atoms. The molecule has 2 heterocycles. The lowest BCUT2D eigenvalue weighted by molar-refractivity contribution is 0.370. The van der Waals surface area contributed by atoms with E-state index in [4.69, 9.17) is 0 Å². The molecule has 1 aromatic carbocycles. The molecule has 24 heavy (non-hydrogen) atoms. The highest BCUT2D eigenvalue weighted by Crippen LogP contribution is 2.21. The standard InChI is InChI=1S/C18H23FN4O/c1-2-16(13-5-7-14(19)8-6-13)22-15-4-3-11-23(12-15)17-18(24)21-10-9-20-17/h5-10,15-16,22H,2-4,11-12H2,1H3,(H,21,24). The summed E-state index contributed by atoms with van der Waals surface area (Å²) in [5.74, 6) is 0.269. The molecule has 1 aromatic heterocycles. The van der Waals surface area contributed by atoms with Crippen molar-refractivity contribution in [1.82, 2.24) is 15.3 Å². The molecule has 0 saturated carbocycles. The Morgan fingerprint density at radius 2 is 2.21 bits per heavy atom. The second-order valence-electron chi connectivity index (χ2n) is 6.21. The predicted octanol–water partition coefficient (Wildman–Crippen LogP) is 2.62. The van der Waals surface area contributed by atoms with Crippen LogP contribution in [0.2, 0.25) is 0 Å². The van der Waals surface area contributed by atoms with Gasteiger partial charge in [-0.1, -0.05) is 19.1 Å². The maximum Gasteiger partial charge on any atom is 0.290 e. The van der Waals surface area contributed by atoms with Gasteiger partial charge in [-0.3, -0.25) is 4.79 Å². The Hall–Kier alpha value is -2.21. The van der Waals surface area contributed by atoms with Gasteiger partial charge in [0, 0.05) is 37.6 Å². The van der Waals surface area contributed by atoms with Gasteiger partial charge in [0.2, 0.25) is 0 Å². The fourth-order valence-electron chi connectivity index (χ4n) is 3.30. The first-order valence-electron chi connectivity index (χ1n) is 8.47. The van der Waals surface area contributed by atoms with E-state index in [0.717, 1.165) is 37.9 Å². The molecule has 0 aliphatic carbocycles. The normalized spacial score (nSPS) is 19.2. The van der Waals surface area contributed by atoms with Crippen LogP contribution in [-0.2, 0) is 0 Å². The van der Waals surface area contributed by atoms with Gasteiger partial charge in [0.1, 0.15) is 5.82 Å².